The second-order valence-electron chi connectivity index (χ2n) is 9.38. The van der Waals surface area contributed by atoms with Crippen LogP contribution in [0, 0.1) is 0 Å². The first-order valence-corrected chi connectivity index (χ1v) is 12.2. The molecule has 1 fully saturated rings. The van der Waals surface area contributed by atoms with Crippen molar-refractivity contribution >= 4 is 22.8 Å². The molecule has 0 saturated heterocycles. The average molecular weight is 548 g/mol. The molecule has 3 aromatic heterocycles. The van der Waals surface area contributed by atoms with Crippen molar-refractivity contribution in [2.75, 3.05) is 0 Å². The van der Waals surface area contributed by atoms with E-state index in [0.29, 0.717) is 30.5 Å². The number of imidazole rings is 1. The summed E-state index contributed by atoms with van der Waals surface area (Å²) >= 11 is 5.97. The molecule has 0 atom stereocenters. The van der Waals surface area contributed by atoms with E-state index in [1.807, 2.05) is 0 Å². The fourth-order valence-electron chi connectivity index (χ4n) is 4.06. The van der Waals surface area contributed by atoms with Crippen LogP contribution in [0.1, 0.15) is 31.9 Å². The Morgan fingerprint density at radius 3 is 2.55 bits per heavy atom. The minimum Gasteiger partial charge on any atom is -0.433 e. The number of alkyl halides is 2. The number of rotatable bonds is 9. The molecule has 4 aromatic rings. The first-order chi connectivity index (χ1) is 17.9. The standard InChI is InChI=1S/C25H24ClF2N5O5/c1-24(27,28)38-18-5-3-4-17(12-18)37-22-30-20-19(33(22)14-16-7-6-15(26)13-29-16)21(34)32(23(35)31(20)2)11-10-25(36)8-9-25/h3-7,12-13,36H,8-11,14H2,1-2H3. The molecule has 1 saturated carbocycles. The molecular formula is C25H24ClF2N5O5. The molecule has 1 N–H and O–H groups in total. The van der Waals surface area contributed by atoms with Crippen LogP contribution < -0.4 is 20.7 Å². The molecule has 200 valence electrons. The second-order valence-corrected chi connectivity index (χ2v) is 9.82. The molecule has 0 spiro atoms. The molecule has 1 aliphatic carbocycles. The zero-order valence-corrected chi connectivity index (χ0v) is 21.3. The van der Waals surface area contributed by atoms with Crippen molar-refractivity contribution in [2.45, 2.75) is 51.0 Å². The third-order valence-corrected chi connectivity index (χ3v) is 6.47. The molecule has 0 bridgehead atoms. The number of aromatic nitrogens is 5. The SMILES string of the molecule is Cn1c(=O)n(CCC2(O)CC2)c(=O)c2c1nc(Oc1cccc(OC(C)(F)F)c1)n2Cc1ccc(Cl)cn1. The summed E-state index contributed by atoms with van der Waals surface area (Å²) in [6.07, 6.45) is -0.446. The van der Waals surface area contributed by atoms with Gasteiger partial charge in [-0.2, -0.15) is 13.8 Å². The van der Waals surface area contributed by atoms with E-state index in [9.17, 15) is 23.5 Å². The molecule has 10 nitrogen and oxygen atoms in total. The highest BCUT2D eigenvalue weighted by molar-refractivity contribution is 6.30. The topological polar surface area (TPSA) is 113 Å². The monoisotopic (exact) mass is 547 g/mol. The molecule has 1 aromatic carbocycles. The Bertz CT molecular complexity index is 1620. The van der Waals surface area contributed by atoms with Crippen molar-refractivity contribution in [3.05, 3.63) is 74.1 Å². The highest BCUT2D eigenvalue weighted by Gasteiger charge is 2.40. The summed E-state index contributed by atoms with van der Waals surface area (Å²) in [6.45, 7) is 0.680. The second kappa shape index (κ2) is 9.52. The predicted molar refractivity (Wildman–Crippen MR) is 134 cm³/mol. The minimum absolute atomic E-state index is 0.0309. The van der Waals surface area contributed by atoms with E-state index in [1.54, 1.807) is 12.1 Å². The highest BCUT2D eigenvalue weighted by Crippen LogP contribution is 2.38. The van der Waals surface area contributed by atoms with E-state index in [1.165, 1.54) is 46.6 Å². The number of fused-ring (bicyclic) bond motifs is 1. The Kier molecular flexibility index (Phi) is 6.48. The zero-order valence-electron chi connectivity index (χ0n) is 20.5. The highest BCUT2D eigenvalue weighted by atomic mass is 35.5. The molecular weight excluding hydrogens is 524 g/mol. The van der Waals surface area contributed by atoms with Gasteiger partial charge in [-0.15, -0.1) is 0 Å². The van der Waals surface area contributed by atoms with Crippen LogP contribution in [0.5, 0.6) is 17.5 Å². The Balaban J connectivity index is 1.62. The van der Waals surface area contributed by atoms with Gasteiger partial charge in [0.2, 0.25) is 0 Å². The van der Waals surface area contributed by atoms with Gasteiger partial charge in [-0.1, -0.05) is 17.7 Å². The van der Waals surface area contributed by atoms with Gasteiger partial charge < -0.3 is 14.6 Å². The van der Waals surface area contributed by atoms with Crippen molar-refractivity contribution in [1.29, 1.82) is 0 Å². The molecule has 0 aliphatic heterocycles. The smallest absolute Gasteiger partial charge is 0.394 e. The number of aliphatic hydroxyl groups is 1. The van der Waals surface area contributed by atoms with E-state index in [2.05, 4.69) is 14.7 Å². The zero-order chi connectivity index (χ0) is 27.2. The number of aryl methyl sites for hydroxylation is 1. The minimum atomic E-state index is -3.40. The lowest BCUT2D eigenvalue weighted by atomic mass is 10.2. The molecule has 38 heavy (non-hydrogen) atoms. The van der Waals surface area contributed by atoms with Crippen molar-refractivity contribution in [1.82, 2.24) is 23.7 Å². The quantitative estimate of drug-likeness (QED) is 0.340. The third-order valence-electron chi connectivity index (χ3n) is 6.25. The van der Waals surface area contributed by atoms with Crippen LogP contribution in [0.25, 0.3) is 11.2 Å². The van der Waals surface area contributed by atoms with Crippen molar-refractivity contribution in [3.8, 4) is 17.5 Å². The number of hydrogen-bond acceptors (Lipinski definition) is 7. The van der Waals surface area contributed by atoms with Gasteiger partial charge in [-0.3, -0.25) is 23.5 Å². The van der Waals surface area contributed by atoms with E-state index < -0.39 is 23.0 Å². The molecule has 0 amide bonds. The van der Waals surface area contributed by atoms with E-state index >= 15 is 0 Å². The molecule has 0 radical (unpaired) electrons. The maximum Gasteiger partial charge on any atom is 0.394 e. The van der Waals surface area contributed by atoms with Gasteiger partial charge >= 0.3 is 17.8 Å². The number of hydrogen-bond donors (Lipinski definition) is 1. The number of benzene rings is 1. The number of ether oxygens (including phenoxy) is 2. The average Bonchev–Trinajstić information content (AvgIpc) is 3.48. The van der Waals surface area contributed by atoms with Crippen LogP contribution in [-0.2, 0) is 20.1 Å². The lowest BCUT2D eigenvalue weighted by Crippen LogP contribution is -2.40. The van der Waals surface area contributed by atoms with E-state index in [-0.39, 0.29) is 48.2 Å². The van der Waals surface area contributed by atoms with Gasteiger partial charge in [-0.25, -0.2) is 4.79 Å². The fraction of sp³-hybridized carbons (Fsp3) is 0.360. The van der Waals surface area contributed by atoms with Crippen LogP contribution in [0.3, 0.4) is 0 Å². The third kappa shape index (κ3) is 5.41. The molecule has 13 heteroatoms. The lowest BCUT2D eigenvalue weighted by molar-refractivity contribution is -0.159. The first kappa shape index (κ1) is 25.9. The summed E-state index contributed by atoms with van der Waals surface area (Å²) in [5.74, 6) is -0.0153. The molecule has 3 heterocycles. The van der Waals surface area contributed by atoms with Crippen molar-refractivity contribution in [3.63, 3.8) is 0 Å². The summed E-state index contributed by atoms with van der Waals surface area (Å²) in [7, 11) is 1.48. The molecule has 0 unspecified atom stereocenters. The van der Waals surface area contributed by atoms with Crippen molar-refractivity contribution in [2.24, 2.45) is 7.05 Å². The van der Waals surface area contributed by atoms with Crippen LogP contribution in [0.2, 0.25) is 5.02 Å². The van der Waals surface area contributed by atoms with Gasteiger partial charge in [0.1, 0.15) is 11.5 Å². The van der Waals surface area contributed by atoms with E-state index in [4.69, 9.17) is 16.3 Å². The normalized spacial score (nSPS) is 14.6. The van der Waals surface area contributed by atoms with Gasteiger partial charge in [0, 0.05) is 32.8 Å². The van der Waals surface area contributed by atoms with E-state index in [0.717, 1.165) is 4.57 Å². The van der Waals surface area contributed by atoms with Crippen molar-refractivity contribution < 1.29 is 23.4 Å². The number of halogens is 3. The fourth-order valence-corrected chi connectivity index (χ4v) is 4.17. The number of nitrogens with zero attached hydrogens (tertiary/aromatic N) is 5. The summed E-state index contributed by atoms with van der Waals surface area (Å²) in [4.78, 5) is 35.3. The Labute approximate surface area is 219 Å². The summed E-state index contributed by atoms with van der Waals surface area (Å²) in [6, 6.07) is 8.82. The molecule has 5 rings (SSSR count). The Hall–Kier alpha value is -3.77. The maximum atomic E-state index is 13.6. The van der Waals surface area contributed by atoms with Gasteiger partial charge in [0.15, 0.2) is 11.2 Å². The summed E-state index contributed by atoms with van der Waals surface area (Å²) < 4.78 is 41.0. The van der Waals surface area contributed by atoms with Gasteiger partial charge in [0.25, 0.3) is 5.56 Å². The van der Waals surface area contributed by atoms with Crippen LogP contribution in [-0.4, -0.2) is 40.5 Å². The number of pyridine rings is 1. The maximum absolute atomic E-state index is 13.6. The molecule has 1 aliphatic rings. The van der Waals surface area contributed by atoms with Crippen LogP contribution >= 0.6 is 11.6 Å². The summed E-state index contributed by atoms with van der Waals surface area (Å²) in [5.41, 5.74) is -1.39. The van der Waals surface area contributed by atoms with Crippen LogP contribution in [0.15, 0.2) is 52.2 Å². The first-order valence-electron chi connectivity index (χ1n) is 11.8. The summed E-state index contributed by atoms with van der Waals surface area (Å²) in [5, 5.41) is 10.7. The largest absolute Gasteiger partial charge is 0.433 e. The van der Waals surface area contributed by atoms with Gasteiger partial charge in [-0.05, 0) is 43.5 Å². The van der Waals surface area contributed by atoms with Gasteiger partial charge in [0.05, 0.1) is 22.9 Å². The van der Waals surface area contributed by atoms with Crippen LogP contribution in [0.4, 0.5) is 8.78 Å². The Morgan fingerprint density at radius 1 is 1.16 bits per heavy atom. The lowest BCUT2D eigenvalue weighted by Gasteiger charge is -2.14. The predicted octanol–water partition coefficient (Wildman–Crippen LogP) is 3.69. The Morgan fingerprint density at radius 2 is 1.89 bits per heavy atom.